The summed E-state index contributed by atoms with van der Waals surface area (Å²) in [6, 6.07) is 7.90. The van der Waals surface area contributed by atoms with Gasteiger partial charge in [-0.3, -0.25) is 0 Å². The SMILES string of the molecule is Cc1ccc(-c2nnc(C(O)C3CC4CC3N(C)C4)cc2C)c(O)c1. The Kier molecular flexibility index (Phi) is 4.01. The number of hydrogen-bond donors (Lipinski definition) is 2. The van der Waals surface area contributed by atoms with Crippen LogP contribution in [-0.4, -0.2) is 44.9 Å². The number of aliphatic hydroxyl groups is 1. The second kappa shape index (κ2) is 6.07. The average Bonchev–Trinajstić information content (AvgIpc) is 3.14. The molecule has 2 N–H and O–H groups in total. The van der Waals surface area contributed by atoms with Crippen LogP contribution in [0, 0.1) is 25.7 Å². The van der Waals surface area contributed by atoms with Crippen molar-refractivity contribution in [1.29, 1.82) is 0 Å². The Hall–Kier alpha value is -1.98. The molecule has 0 radical (unpaired) electrons. The lowest BCUT2D eigenvalue weighted by Gasteiger charge is -2.32. The molecule has 2 bridgehead atoms. The molecule has 5 nitrogen and oxygen atoms in total. The van der Waals surface area contributed by atoms with E-state index in [2.05, 4.69) is 22.1 Å². The number of rotatable bonds is 3. The van der Waals surface area contributed by atoms with Crippen molar-refractivity contribution in [2.24, 2.45) is 11.8 Å². The van der Waals surface area contributed by atoms with Gasteiger partial charge in [0.2, 0.25) is 0 Å². The lowest BCUT2D eigenvalue weighted by atomic mass is 9.90. The second-order valence-electron chi connectivity index (χ2n) is 7.77. The number of hydrogen-bond acceptors (Lipinski definition) is 5. The van der Waals surface area contributed by atoms with Crippen LogP contribution in [0.5, 0.6) is 5.75 Å². The van der Waals surface area contributed by atoms with Crippen molar-refractivity contribution in [2.75, 3.05) is 13.6 Å². The first-order chi connectivity index (χ1) is 11.9. The predicted molar refractivity (Wildman–Crippen MR) is 96.2 cm³/mol. The van der Waals surface area contributed by atoms with E-state index >= 15 is 0 Å². The minimum atomic E-state index is -0.579. The van der Waals surface area contributed by atoms with Gasteiger partial charge < -0.3 is 15.1 Å². The van der Waals surface area contributed by atoms with E-state index in [0.29, 0.717) is 28.9 Å². The minimum Gasteiger partial charge on any atom is -0.507 e. The molecule has 4 atom stereocenters. The summed E-state index contributed by atoms with van der Waals surface area (Å²) in [6.07, 6.45) is 1.67. The number of nitrogens with zero attached hydrogens (tertiary/aromatic N) is 3. The first kappa shape index (κ1) is 16.5. The summed E-state index contributed by atoms with van der Waals surface area (Å²) in [6.45, 7) is 5.03. The van der Waals surface area contributed by atoms with Crippen molar-refractivity contribution in [3.63, 3.8) is 0 Å². The topological polar surface area (TPSA) is 69.5 Å². The van der Waals surface area contributed by atoms with Gasteiger partial charge in [0.1, 0.15) is 11.9 Å². The van der Waals surface area contributed by atoms with E-state index in [4.69, 9.17) is 0 Å². The van der Waals surface area contributed by atoms with Crippen LogP contribution in [0.15, 0.2) is 24.3 Å². The van der Waals surface area contributed by atoms with Gasteiger partial charge in [-0.1, -0.05) is 6.07 Å². The average molecular weight is 339 g/mol. The summed E-state index contributed by atoms with van der Waals surface area (Å²) in [5.74, 6) is 1.14. The highest BCUT2D eigenvalue weighted by atomic mass is 16.3. The summed E-state index contributed by atoms with van der Waals surface area (Å²) >= 11 is 0. The molecule has 4 rings (SSSR count). The van der Waals surface area contributed by atoms with Crippen LogP contribution >= 0.6 is 0 Å². The summed E-state index contributed by atoms with van der Waals surface area (Å²) in [5.41, 5.74) is 3.90. The molecule has 1 saturated heterocycles. The molecule has 0 spiro atoms. The fourth-order valence-corrected chi connectivity index (χ4v) is 4.67. The molecule has 1 aliphatic carbocycles. The van der Waals surface area contributed by atoms with E-state index in [-0.39, 0.29) is 11.7 Å². The van der Waals surface area contributed by atoms with Crippen LogP contribution in [0.1, 0.15) is 35.8 Å². The molecular formula is C20H25N3O2. The van der Waals surface area contributed by atoms with Crippen molar-refractivity contribution in [1.82, 2.24) is 15.1 Å². The fourth-order valence-electron chi connectivity index (χ4n) is 4.67. The zero-order chi connectivity index (χ0) is 17.7. The maximum Gasteiger partial charge on any atom is 0.125 e. The maximum absolute atomic E-state index is 10.9. The molecule has 132 valence electrons. The van der Waals surface area contributed by atoms with E-state index in [9.17, 15) is 10.2 Å². The monoisotopic (exact) mass is 339 g/mol. The van der Waals surface area contributed by atoms with E-state index in [1.54, 1.807) is 6.07 Å². The zero-order valence-corrected chi connectivity index (χ0v) is 15.0. The normalized spacial score (nSPS) is 27.0. The van der Waals surface area contributed by atoms with Gasteiger partial charge in [0, 0.05) is 24.1 Å². The van der Waals surface area contributed by atoms with Crippen LogP contribution in [0.4, 0.5) is 0 Å². The third kappa shape index (κ3) is 2.81. The first-order valence-corrected chi connectivity index (χ1v) is 8.96. The third-order valence-corrected chi connectivity index (χ3v) is 5.91. The molecule has 5 heteroatoms. The number of benzene rings is 1. The van der Waals surface area contributed by atoms with Gasteiger partial charge in [-0.15, -0.1) is 5.10 Å². The quantitative estimate of drug-likeness (QED) is 0.900. The molecule has 2 aliphatic rings. The molecular weight excluding hydrogens is 314 g/mol. The molecule has 1 aromatic heterocycles. The van der Waals surface area contributed by atoms with Crippen molar-refractivity contribution in [2.45, 2.75) is 38.8 Å². The van der Waals surface area contributed by atoms with Gasteiger partial charge in [0.05, 0.1) is 11.4 Å². The van der Waals surface area contributed by atoms with Crippen LogP contribution in [-0.2, 0) is 0 Å². The lowest BCUT2D eigenvalue weighted by Crippen LogP contribution is -2.38. The standard InChI is InChI=1S/C20H25N3O2/c1-11-4-5-14(18(24)6-11)19-12(2)7-16(21-22-19)20(25)15-8-13-9-17(15)23(3)10-13/h4-7,13,15,17,20,24-25H,8-10H2,1-3H3. The van der Waals surface area contributed by atoms with Crippen LogP contribution < -0.4 is 0 Å². The number of piperidine rings is 1. The molecule has 1 saturated carbocycles. The highest BCUT2D eigenvalue weighted by Crippen LogP contribution is 2.46. The Morgan fingerprint density at radius 3 is 2.60 bits per heavy atom. The largest absolute Gasteiger partial charge is 0.507 e. The van der Waals surface area contributed by atoms with E-state index in [0.717, 1.165) is 24.1 Å². The Morgan fingerprint density at radius 2 is 1.96 bits per heavy atom. The summed E-state index contributed by atoms with van der Waals surface area (Å²) < 4.78 is 0. The van der Waals surface area contributed by atoms with Crippen molar-refractivity contribution >= 4 is 0 Å². The van der Waals surface area contributed by atoms with Crippen molar-refractivity contribution in [3.8, 4) is 17.0 Å². The van der Waals surface area contributed by atoms with Gasteiger partial charge in [-0.2, -0.15) is 5.10 Å². The van der Waals surface area contributed by atoms with Gasteiger partial charge in [-0.05, 0) is 69.0 Å². The summed E-state index contributed by atoms with van der Waals surface area (Å²) in [4.78, 5) is 2.36. The highest BCUT2D eigenvalue weighted by molar-refractivity contribution is 5.69. The lowest BCUT2D eigenvalue weighted by molar-refractivity contribution is 0.0463. The Bertz CT molecular complexity index is 808. The number of aliphatic hydroxyl groups excluding tert-OH is 1. The Labute approximate surface area is 148 Å². The van der Waals surface area contributed by atoms with Gasteiger partial charge in [-0.25, -0.2) is 0 Å². The van der Waals surface area contributed by atoms with Crippen LogP contribution in [0.25, 0.3) is 11.3 Å². The molecule has 2 aromatic rings. The number of likely N-dealkylation sites (tertiary alicyclic amines) is 1. The van der Waals surface area contributed by atoms with E-state index in [1.165, 1.54) is 6.42 Å². The number of fused-ring (bicyclic) bond motifs is 2. The van der Waals surface area contributed by atoms with Crippen molar-refractivity contribution in [3.05, 3.63) is 41.1 Å². The van der Waals surface area contributed by atoms with Gasteiger partial charge in [0.25, 0.3) is 0 Å². The van der Waals surface area contributed by atoms with Crippen LogP contribution in [0.2, 0.25) is 0 Å². The number of aromatic hydroxyl groups is 1. The van der Waals surface area contributed by atoms with Gasteiger partial charge in [0.15, 0.2) is 0 Å². The highest BCUT2D eigenvalue weighted by Gasteiger charge is 2.46. The third-order valence-electron chi connectivity index (χ3n) is 5.91. The fraction of sp³-hybridized carbons (Fsp3) is 0.500. The van der Waals surface area contributed by atoms with Gasteiger partial charge >= 0.3 is 0 Å². The molecule has 25 heavy (non-hydrogen) atoms. The molecule has 4 unspecified atom stereocenters. The second-order valence-corrected chi connectivity index (χ2v) is 7.77. The molecule has 2 fully saturated rings. The van der Waals surface area contributed by atoms with E-state index in [1.807, 2.05) is 32.0 Å². The van der Waals surface area contributed by atoms with Crippen LogP contribution in [0.3, 0.4) is 0 Å². The first-order valence-electron chi connectivity index (χ1n) is 8.96. The Balaban J connectivity index is 1.61. The smallest absolute Gasteiger partial charge is 0.125 e. The van der Waals surface area contributed by atoms with Crippen molar-refractivity contribution < 1.29 is 10.2 Å². The number of phenols is 1. The summed E-state index contributed by atoms with van der Waals surface area (Å²) in [5, 5.41) is 29.7. The number of phenolic OH excluding ortho intramolecular Hbond substituents is 1. The summed E-state index contributed by atoms with van der Waals surface area (Å²) in [7, 11) is 2.14. The number of aryl methyl sites for hydroxylation is 2. The molecule has 1 aromatic carbocycles. The Morgan fingerprint density at radius 1 is 1.16 bits per heavy atom. The maximum atomic E-state index is 10.9. The molecule has 0 amide bonds. The minimum absolute atomic E-state index is 0.209. The van der Waals surface area contributed by atoms with E-state index < -0.39 is 6.10 Å². The molecule has 1 aliphatic heterocycles. The molecule has 2 heterocycles. The number of aromatic nitrogens is 2. The zero-order valence-electron chi connectivity index (χ0n) is 15.0. The predicted octanol–water partition coefficient (Wildman–Crippen LogP) is 2.84.